The van der Waals surface area contributed by atoms with Crippen molar-refractivity contribution in [3.63, 3.8) is 0 Å². The van der Waals surface area contributed by atoms with Gasteiger partial charge in [0.2, 0.25) is 0 Å². The van der Waals surface area contributed by atoms with Gasteiger partial charge in [-0.1, -0.05) is 6.07 Å². The molecule has 3 rings (SSSR count). The number of methoxy groups -OCH3 is 1. The Kier molecular flexibility index (Phi) is 9.07. The Morgan fingerprint density at radius 2 is 2.17 bits per heavy atom. The van der Waals surface area contributed by atoms with E-state index < -0.39 is 6.03 Å². The van der Waals surface area contributed by atoms with Gasteiger partial charge in [0.25, 0.3) is 0 Å². The number of likely N-dealkylation sites (N-methyl/N-ethyl adjacent to an activating group) is 1. The second kappa shape index (κ2) is 12.4. The van der Waals surface area contributed by atoms with Gasteiger partial charge in [0, 0.05) is 64.7 Å². The first kappa shape index (κ1) is 26.3. The van der Waals surface area contributed by atoms with Crippen molar-refractivity contribution in [3.05, 3.63) is 46.9 Å². The zero-order chi connectivity index (χ0) is 26.1. The predicted octanol–water partition coefficient (Wildman–Crippen LogP) is 1.35. The Morgan fingerprint density at radius 1 is 1.36 bits per heavy atom. The molecule has 36 heavy (non-hydrogen) atoms. The number of pyridine rings is 2. The maximum Gasteiger partial charge on any atom is 0.328 e. The van der Waals surface area contributed by atoms with Crippen LogP contribution >= 0.6 is 0 Å². The number of urea groups is 1. The van der Waals surface area contributed by atoms with Crippen molar-refractivity contribution >= 4 is 35.6 Å². The van der Waals surface area contributed by atoms with E-state index in [4.69, 9.17) is 4.74 Å². The molecule has 3 heterocycles. The van der Waals surface area contributed by atoms with Gasteiger partial charge in [-0.05, 0) is 13.1 Å². The van der Waals surface area contributed by atoms with Gasteiger partial charge in [0.15, 0.2) is 6.29 Å². The summed E-state index contributed by atoms with van der Waals surface area (Å²) in [5.74, 6) is 2.48. The summed E-state index contributed by atoms with van der Waals surface area (Å²) < 4.78 is 5.01. The number of aromatic nitrogens is 2. The normalized spacial score (nSPS) is 13.5. The molecule has 1 fully saturated rings. The standard InChI is InChI=1S/C24H28N8O4/c1-30-7-8-32(19(14-30)15-33)13-17-4-5-23(28-21(17)16-34)31(2)24(35)29-22-10-20(26-6-9-36-3)18(11-25)12-27-22/h4-5,10,12,16H,6-9,13-14H2,1-3H3,(H2,26,27,29,35). The number of amides is 2. The van der Waals surface area contributed by atoms with Gasteiger partial charge in [-0.2, -0.15) is 5.26 Å². The molecule has 0 aliphatic carbocycles. The molecule has 0 aromatic carbocycles. The third kappa shape index (κ3) is 6.43. The summed E-state index contributed by atoms with van der Waals surface area (Å²) in [6.07, 6.45) is 1.99. The van der Waals surface area contributed by atoms with Crippen LogP contribution < -0.4 is 15.5 Å². The number of hydrogen-bond donors (Lipinski definition) is 2. The largest absolute Gasteiger partial charge is 0.383 e. The molecule has 2 amide bonds. The fraction of sp³-hybridized carbons (Fsp3) is 0.375. The van der Waals surface area contributed by atoms with Crippen LogP contribution in [0.2, 0.25) is 0 Å². The van der Waals surface area contributed by atoms with E-state index in [2.05, 4.69) is 20.6 Å². The van der Waals surface area contributed by atoms with Crippen LogP contribution in [0.5, 0.6) is 0 Å². The summed E-state index contributed by atoms with van der Waals surface area (Å²) >= 11 is 0. The molecular weight excluding hydrogens is 464 g/mol. The highest BCUT2D eigenvalue weighted by Crippen LogP contribution is 2.21. The van der Waals surface area contributed by atoms with E-state index in [0.29, 0.717) is 61.6 Å². The van der Waals surface area contributed by atoms with Crippen LogP contribution in [-0.4, -0.2) is 92.0 Å². The Morgan fingerprint density at radius 3 is 2.86 bits per heavy atom. The fourth-order valence-corrected chi connectivity index (χ4v) is 3.60. The quantitative estimate of drug-likeness (QED) is 0.299. The summed E-state index contributed by atoms with van der Waals surface area (Å²) in [6, 6.07) is 6.42. The SMILES string of the molecule is COCCNc1cc(NC(=O)N(C)c2ccc(CN3CCN(C)CC3=C=O)c(C=O)n2)ncc1C#N. The second-order valence-electron chi connectivity index (χ2n) is 8.18. The smallest absolute Gasteiger partial charge is 0.328 e. The van der Waals surface area contributed by atoms with Crippen molar-refractivity contribution in [2.45, 2.75) is 6.54 Å². The number of carbonyl (C=O) groups excluding carboxylic acids is 3. The van der Waals surface area contributed by atoms with Crippen molar-refractivity contribution in [3.8, 4) is 6.07 Å². The number of ether oxygens (including phenoxy) is 1. The highest BCUT2D eigenvalue weighted by Gasteiger charge is 2.22. The van der Waals surface area contributed by atoms with Crippen LogP contribution in [0.1, 0.15) is 21.6 Å². The number of carbonyl (C=O) groups is 2. The van der Waals surface area contributed by atoms with E-state index in [0.717, 1.165) is 6.54 Å². The molecule has 2 N–H and O–H groups in total. The minimum absolute atomic E-state index is 0.178. The minimum Gasteiger partial charge on any atom is -0.383 e. The topological polar surface area (TPSA) is 144 Å². The predicted molar refractivity (Wildman–Crippen MR) is 133 cm³/mol. The van der Waals surface area contributed by atoms with Crippen LogP contribution in [0.4, 0.5) is 22.1 Å². The van der Waals surface area contributed by atoms with E-state index in [1.54, 1.807) is 25.3 Å². The molecule has 1 saturated heterocycles. The van der Waals surface area contributed by atoms with Crippen LogP contribution in [0.15, 0.2) is 30.1 Å². The minimum atomic E-state index is -0.530. The first-order valence-electron chi connectivity index (χ1n) is 11.2. The second-order valence-corrected chi connectivity index (χ2v) is 8.18. The van der Waals surface area contributed by atoms with Gasteiger partial charge < -0.3 is 15.0 Å². The number of piperazine rings is 1. The molecule has 0 radical (unpaired) electrons. The molecule has 12 heteroatoms. The molecular formula is C24H28N8O4. The van der Waals surface area contributed by atoms with Gasteiger partial charge in [-0.3, -0.25) is 19.9 Å². The Hall–Kier alpha value is -4.30. The average molecular weight is 493 g/mol. The van der Waals surface area contributed by atoms with Crippen molar-refractivity contribution in [1.29, 1.82) is 5.26 Å². The summed E-state index contributed by atoms with van der Waals surface area (Å²) in [5.41, 5.74) is 2.18. The zero-order valence-electron chi connectivity index (χ0n) is 20.4. The fourth-order valence-electron chi connectivity index (χ4n) is 3.60. The lowest BCUT2D eigenvalue weighted by atomic mass is 10.1. The van der Waals surface area contributed by atoms with E-state index in [-0.39, 0.29) is 17.3 Å². The van der Waals surface area contributed by atoms with Crippen LogP contribution in [0, 0.1) is 11.3 Å². The molecule has 0 atom stereocenters. The lowest BCUT2D eigenvalue weighted by molar-refractivity contribution is 0.111. The highest BCUT2D eigenvalue weighted by molar-refractivity contribution is 6.00. The molecule has 0 spiro atoms. The van der Waals surface area contributed by atoms with Crippen LogP contribution in [-0.2, 0) is 16.1 Å². The monoisotopic (exact) mass is 492 g/mol. The summed E-state index contributed by atoms with van der Waals surface area (Å²) in [5, 5.41) is 15.0. The number of rotatable bonds is 9. The molecule has 188 valence electrons. The van der Waals surface area contributed by atoms with Gasteiger partial charge in [-0.15, -0.1) is 0 Å². The third-order valence-electron chi connectivity index (χ3n) is 5.67. The zero-order valence-corrected chi connectivity index (χ0v) is 20.4. The van der Waals surface area contributed by atoms with Crippen molar-refractivity contribution in [1.82, 2.24) is 19.8 Å². The summed E-state index contributed by atoms with van der Waals surface area (Å²) in [4.78, 5) is 49.6. The maximum atomic E-state index is 12.8. The number of nitriles is 1. The molecule has 2 aromatic rings. The van der Waals surface area contributed by atoms with Crippen LogP contribution in [0.25, 0.3) is 0 Å². The van der Waals surface area contributed by atoms with Gasteiger partial charge in [-0.25, -0.2) is 19.6 Å². The average Bonchev–Trinajstić information content (AvgIpc) is 2.89. The number of hydrogen-bond acceptors (Lipinski definition) is 10. The first-order valence-corrected chi connectivity index (χ1v) is 11.2. The van der Waals surface area contributed by atoms with E-state index in [9.17, 15) is 19.6 Å². The maximum absolute atomic E-state index is 12.8. The number of nitrogens with one attached hydrogen (secondary N) is 2. The summed E-state index contributed by atoms with van der Waals surface area (Å²) in [6.45, 7) is 3.16. The molecule has 0 unspecified atom stereocenters. The van der Waals surface area contributed by atoms with Crippen molar-refractivity contribution < 1.29 is 19.1 Å². The number of nitrogens with zero attached hydrogens (tertiary/aromatic N) is 6. The highest BCUT2D eigenvalue weighted by atomic mass is 16.5. The lowest BCUT2D eigenvalue weighted by Crippen LogP contribution is -2.42. The molecule has 0 bridgehead atoms. The Balaban J connectivity index is 1.73. The summed E-state index contributed by atoms with van der Waals surface area (Å²) in [7, 11) is 5.01. The van der Waals surface area contributed by atoms with Gasteiger partial charge in [0.05, 0.1) is 17.9 Å². The van der Waals surface area contributed by atoms with Gasteiger partial charge in [0.1, 0.15) is 35.0 Å². The van der Waals surface area contributed by atoms with E-state index >= 15 is 0 Å². The van der Waals surface area contributed by atoms with Crippen molar-refractivity contribution in [2.75, 3.05) is 69.5 Å². The van der Waals surface area contributed by atoms with Crippen LogP contribution in [0.3, 0.4) is 0 Å². The van der Waals surface area contributed by atoms with Gasteiger partial charge >= 0.3 is 6.03 Å². The lowest BCUT2D eigenvalue weighted by Gasteiger charge is -2.34. The number of aldehydes is 1. The number of anilines is 3. The molecule has 1 aliphatic rings. The third-order valence-corrected chi connectivity index (χ3v) is 5.67. The van der Waals surface area contributed by atoms with E-state index in [1.165, 1.54) is 18.1 Å². The Labute approximate surface area is 209 Å². The molecule has 2 aromatic heterocycles. The van der Waals surface area contributed by atoms with E-state index in [1.807, 2.05) is 28.9 Å². The molecule has 12 nitrogen and oxygen atoms in total. The van der Waals surface area contributed by atoms with Crippen molar-refractivity contribution in [2.24, 2.45) is 0 Å². The first-order chi connectivity index (χ1) is 17.4. The Bertz CT molecular complexity index is 1210. The molecule has 0 saturated carbocycles. The molecule has 1 aliphatic heterocycles.